The SMILES string of the molecule is N=C/C(=C(/Oc1ccc(-c2ccccc2)cc1)C(=O)Nc1ccc(Cl)cc1)N1CCNCC1. The third-order valence-electron chi connectivity index (χ3n) is 5.32. The van der Waals surface area contributed by atoms with Gasteiger partial charge < -0.3 is 25.7 Å². The number of hydrogen-bond acceptors (Lipinski definition) is 5. The number of amides is 1. The van der Waals surface area contributed by atoms with Crippen molar-refractivity contribution in [2.24, 2.45) is 0 Å². The number of anilines is 1. The van der Waals surface area contributed by atoms with E-state index in [1.165, 1.54) is 6.21 Å². The summed E-state index contributed by atoms with van der Waals surface area (Å²) in [7, 11) is 0. The average Bonchev–Trinajstić information content (AvgIpc) is 2.87. The largest absolute Gasteiger partial charge is 0.449 e. The minimum absolute atomic E-state index is 0.0781. The van der Waals surface area contributed by atoms with Gasteiger partial charge in [0.2, 0.25) is 5.76 Å². The fraction of sp³-hybridized carbons (Fsp3) is 0.154. The van der Waals surface area contributed by atoms with Gasteiger partial charge in [-0.25, -0.2) is 0 Å². The van der Waals surface area contributed by atoms with Crippen molar-refractivity contribution in [2.75, 3.05) is 31.5 Å². The first-order chi connectivity index (χ1) is 16.1. The summed E-state index contributed by atoms with van der Waals surface area (Å²) in [4.78, 5) is 15.2. The lowest BCUT2D eigenvalue weighted by molar-refractivity contribution is -0.115. The van der Waals surface area contributed by atoms with E-state index in [1.807, 2.05) is 59.5 Å². The molecule has 1 aliphatic rings. The molecule has 3 aromatic rings. The first-order valence-electron chi connectivity index (χ1n) is 10.7. The topological polar surface area (TPSA) is 77.5 Å². The Bertz CT molecular complexity index is 1120. The Morgan fingerprint density at radius 1 is 0.939 bits per heavy atom. The van der Waals surface area contributed by atoms with Gasteiger partial charge in [-0.15, -0.1) is 0 Å². The van der Waals surface area contributed by atoms with Gasteiger partial charge in [0.05, 0.1) is 0 Å². The second-order valence-corrected chi connectivity index (χ2v) is 7.99. The van der Waals surface area contributed by atoms with Crippen LogP contribution in [0.25, 0.3) is 11.1 Å². The van der Waals surface area contributed by atoms with Crippen LogP contribution in [0.1, 0.15) is 0 Å². The first-order valence-corrected chi connectivity index (χ1v) is 11.1. The average molecular weight is 461 g/mol. The Morgan fingerprint density at radius 2 is 1.58 bits per heavy atom. The van der Waals surface area contributed by atoms with Crippen LogP contribution in [0.2, 0.25) is 5.02 Å². The lowest BCUT2D eigenvalue weighted by Gasteiger charge is -2.30. The molecule has 6 nitrogen and oxygen atoms in total. The molecule has 0 spiro atoms. The van der Waals surface area contributed by atoms with Crippen LogP contribution < -0.4 is 15.4 Å². The maximum absolute atomic E-state index is 13.3. The van der Waals surface area contributed by atoms with Crippen molar-refractivity contribution >= 4 is 29.4 Å². The summed E-state index contributed by atoms with van der Waals surface area (Å²) < 4.78 is 6.10. The Labute approximate surface area is 198 Å². The second kappa shape index (κ2) is 10.8. The zero-order valence-electron chi connectivity index (χ0n) is 18.1. The summed E-state index contributed by atoms with van der Waals surface area (Å²) in [6, 6.07) is 24.5. The molecule has 0 saturated carbocycles. The number of benzene rings is 3. The Balaban J connectivity index is 1.63. The molecule has 0 unspecified atom stereocenters. The lowest BCUT2D eigenvalue weighted by atomic mass is 10.1. The van der Waals surface area contributed by atoms with Crippen LogP contribution in [-0.4, -0.2) is 43.2 Å². The Morgan fingerprint density at radius 3 is 2.21 bits per heavy atom. The van der Waals surface area contributed by atoms with Gasteiger partial charge >= 0.3 is 0 Å². The number of piperazine rings is 1. The highest BCUT2D eigenvalue weighted by Gasteiger charge is 2.23. The molecule has 168 valence electrons. The Hall–Kier alpha value is -3.61. The predicted octanol–water partition coefficient (Wildman–Crippen LogP) is 4.79. The maximum Gasteiger partial charge on any atom is 0.293 e. The van der Waals surface area contributed by atoms with E-state index in [-0.39, 0.29) is 5.76 Å². The highest BCUT2D eigenvalue weighted by molar-refractivity contribution is 6.30. The fourth-order valence-electron chi connectivity index (χ4n) is 3.61. The summed E-state index contributed by atoms with van der Waals surface area (Å²) >= 11 is 5.96. The van der Waals surface area contributed by atoms with Gasteiger partial charge in [-0.05, 0) is 47.5 Å². The van der Waals surface area contributed by atoms with E-state index in [0.29, 0.717) is 35.2 Å². The van der Waals surface area contributed by atoms with Gasteiger partial charge in [-0.3, -0.25) is 4.79 Å². The molecule has 1 fully saturated rings. The third-order valence-corrected chi connectivity index (χ3v) is 5.57. The molecule has 1 saturated heterocycles. The van der Waals surface area contributed by atoms with Gasteiger partial charge in [-0.2, -0.15) is 0 Å². The van der Waals surface area contributed by atoms with Gasteiger partial charge in [0.1, 0.15) is 11.4 Å². The van der Waals surface area contributed by atoms with E-state index in [1.54, 1.807) is 24.3 Å². The molecule has 4 rings (SSSR count). The zero-order valence-corrected chi connectivity index (χ0v) is 18.8. The van der Waals surface area contributed by atoms with Crippen LogP contribution in [0.15, 0.2) is 90.3 Å². The molecular formula is C26H25ClN4O2. The molecule has 0 bridgehead atoms. The van der Waals surface area contributed by atoms with E-state index in [9.17, 15) is 4.79 Å². The van der Waals surface area contributed by atoms with Crippen molar-refractivity contribution in [3.05, 3.63) is 95.3 Å². The summed E-state index contributed by atoms with van der Waals surface area (Å²) in [5.41, 5.74) is 3.18. The lowest BCUT2D eigenvalue weighted by Crippen LogP contribution is -2.44. The molecular weight excluding hydrogens is 436 g/mol. The van der Waals surface area contributed by atoms with Crippen molar-refractivity contribution in [2.45, 2.75) is 0 Å². The maximum atomic E-state index is 13.3. The molecule has 7 heteroatoms. The highest BCUT2D eigenvalue weighted by atomic mass is 35.5. The molecule has 1 amide bonds. The number of carbonyl (C=O) groups is 1. The highest BCUT2D eigenvalue weighted by Crippen LogP contribution is 2.25. The molecule has 0 aliphatic carbocycles. The number of nitrogens with zero attached hydrogens (tertiary/aromatic N) is 1. The van der Waals surface area contributed by atoms with E-state index in [4.69, 9.17) is 21.7 Å². The molecule has 0 aromatic heterocycles. The van der Waals surface area contributed by atoms with E-state index >= 15 is 0 Å². The van der Waals surface area contributed by atoms with E-state index in [0.717, 1.165) is 24.2 Å². The van der Waals surface area contributed by atoms with Gasteiger partial charge in [0, 0.05) is 43.1 Å². The minimum atomic E-state index is -0.429. The number of halogens is 1. The molecule has 3 aromatic carbocycles. The number of rotatable bonds is 7. The Kier molecular flexibility index (Phi) is 7.40. The summed E-state index contributed by atoms with van der Waals surface area (Å²) in [6.45, 7) is 2.90. The number of allylic oxidation sites excluding steroid dienone is 1. The van der Waals surface area contributed by atoms with Crippen molar-refractivity contribution in [3.8, 4) is 16.9 Å². The molecule has 1 aliphatic heterocycles. The van der Waals surface area contributed by atoms with Crippen LogP contribution in [0.4, 0.5) is 5.69 Å². The standard InChI is InChI=1S/C26H25ClN4O2/c27-21-8-10-22(11-9-21)30-26(32)25(24(18-28)31-16-14-29-15-17-31)33-23-12-6-20(7-13-23)19-4-2-1-3-5-19/h1-13,18,28-29H,14-17H2,(H,30,32)/b25-24-,28-18?. The number of ether oxygens (including phenoxy) is 1. The second-order valence-electron chi connectivity index (χ2n) is 7.55. The number of carbonyl (C=O) groups excluding carboxylic acids is 1. The van der Waals surface area contributed by atoms with Crippen LogP contribution in [0.5, 0.6) is 5.75 Å². The number of nitrogens with one attached hydrogen (secondary N) is 3. The van der Waals surface area contributed by atoms with Crippen LogP contribution in [0, 0.1) is 5.41 Å². The molecule has 1 heterocycles. The normalized spacial score (nSPS) is 14.3. The van der Waals surface area contributed by atoms with Crippen LogP contribution >= 0.6 is 11.6 Å². The fourth-order valence-corrected chi connectivity index (χ4v) is 3.73. The summed E-state index contributed by atoms with van der Waals surface area (Å²) in [5, 5.41) is 14.7. The molecule has 0 atom stereocenters. The van der Waals surface area contributed by atoms with Gasteiger partial charge in [0.25, 0.3) is 5.91 Å². The smallest absolute Gasteiger partial charge is 0.293 e. The van der Waals surface area contributed by atoms with Crippen LogP contribution in [0.3, 0.4) is 0 Å². The van der Waals surface area contributed by atoms with Crippen molar-refractivity contribution < 1.29 is 9.53 Å². The predicted molar refractivity (Wildman–Crippen MR) is 133 cm³/mol. The molecule has 33 heavy (non-hydrogen) atoms. The summed E-state index contributed by atoms with van der Waals surface area (Å²) in [6.07, 6.45) is 1.18. The van der Waals surface area contributed by atoms with E-state index in [2.05, 4.69) is 10.6 Å². The van der Waals surface area contributed by atoms with Crippen molar-refractivity contribution in [3.63, 3.8) is 0 Å². The van der Waals surface area contributed by atoms with E-state index < -0.39 is 5.91 Å². The monoisotopic (exact) mass is 460 g/mol. The molecule has 0 radical (unpaired) electrons. The van der Waals surface area contributed by atoms with Gasteiger partial charge in [-0.1, -0.05) is 54.1 Å². The first kappa shape index (κ1) is 22.6. The van der Waals surface area contributed by atoms with Crippen molar-refractivity contribution in [1.29, 1.82) is 5.41 Å². The minimum Gasteiger partial charge on any atom is -0.449 e. The molecule has 3 N–H and O–H groups in total. The van der Waals surface area contributed by atoms with Gasteiger partial charge in [0.15, 0.2) is 0 Å². The van der Waals surface area contributed by atoms with Crippen LogP contribution in [-0.2, 0) is 4.79 Å². The third kappa shape index (κ3) is 5.80. The zero-order chi connectivity index (χ0) is 23.0. The van der Waals surface area contributed by atoms with Crippen molar-refractivity contribution in [1.82, 2.24) is 10.2 Å². The number of hydrogen-bond donors (Lipinski definition) is 3. The summed E-state index contributed by atoms with van der Waals surface area (Å²) in [5.74, 6) is 0.168. The quantitative estimate of drug-likeness (QED) is 0.269.